The lowest BCUT2D eigenvalue weighted by molar-refractivity contribution is -0.384. The van der Waals surface area contributed by atoms with Crippen molar-refractivity contribution >= 4 is 11.7 Å². The molecule has 9 rings (SSSR count). The Morgan fingerprint density at radius 1 is 0.698 bits per heavy atom. The maximum Gasteiger partial charge on any atom is 0.340 e. The van der Waals surface area contributed by atoms with Gasteiger partial charge in [-0.1, -0.05) is 103 Å². The molecule has 4 fully saturated rings. The summed E-state index contributed by atoms with van der Waals surface area (Å²) in [6, 6.07) is 35.2. The summed E-state index contributed by atoms with van der Waals surface area (Å²) in [5, 5.41) is 11.6. The molecule has 63 heavy (non-hydrogen) atoms. The van der Waals surface area contributed by atoms with Gasteiger partial charge in [-0.3, -0.25) is 10.1 Å². The van der Waals surface area contributed by atoms with Crippen LogP contribution in [-0.4, -0.2) is 84.2 Å². The van der Waals surface area contributed by atoms with Crippen LogP contribution in [0.3, 0.4) is 0 Å². The van der Waals surface area contributed by atoms with Gasteiger partial charge in [0.05, 0.1) is 49.1 Å². The van der Waals surface area contributed by atoms with Crippen molar-refractivity contribution in [1.82, 2.24) is 0 Å². The molecule has 0 N–H and O–H groups in total. The van der Waals surface area contributed by atoms with E-state index in [1.54, 1.807) is 0 Å². The molecule has 332 valence electrons. The maximum atomic E-state index is 14.7. The van der Waals surface area contributed by atoms with Crippen LogP contribution >= 0.6 is 0 Å². The minimum atomic E-state index is -1.79. The molecule has 3 aliphatic heterocycles. The van der Waals surface area contributed by atoms with E-state index in [-0.39, 0.29) is 42.9 Å². The molecular weight excluding hydrogens is 807 g/mol. The van der Waals surface area contributed by atoms with Crippen molar-refractivity contribution in [3.63, 3.8) is 0 Å². The summed E-state index contributed by atoms with van der Waals surface area (Å²) in [5.41, 5.74) is 2.92. The largest absolute Gasteiger partial charge is 0.426 e. The molecule has 0 bridgehead atoms. The third kappa shape index (κ3) is 9.11. The standard InChI is InChI=1S/C50H55NO12/c1-48(2)58-31-39(59-48)43-44(61-49(3,4)60-43)42-38-22-14-21-37-40(38)50(62-42,63-47(52)35-23-25-36(26-24-35)51(53)54)46(57-30-34-19-12-7-13-20-34)45(56-29-33-17-10-6-11-18-33)41(37)55-28-27-32-15-8-5-9-16-32/h5-21,23-26,37-46H,22,27-31H2,1-4H3/t37-,38-,39+,40-,41+,42?,43+,44+,45-,46+,50+/m0/s1. The summed E-state index contributed by atoms with van der Waals surface area (Å²) >= 11 is 0. The van der Waals surface area contributed by atoms with E-state index < -0.39 is 76.9 Å². The maximum absolute atomic E-state index is 14.7. The molecule has 0 radical (unpaired) electrons. The molecule has 4 aromatic carbocycles. The number of benzene rings is 4. The lowest BCUT2D eigenvalue weighted by Gasteiger charge is -2.54. The van der Waals surface area contributed by atoms with E-state index in [9.17, 15) is 14.9 Å². The number of allylic oxidation sites excluding steroid dienone is 1. The van der Waals surface area contributed by atoms with Gasteiger partial charge in [0.15, 0.2) is 17.7 Å². The van der Waals surface area contributed by atoms with Gasteiger partial charge in [0.1, 0.15) is 24.4 Å². The van der Waals surface area contributed by atoms with Gasteiger partial charge < -0.3 is 42.6 Å². The number of nitro benzene ring substituents is 1. The number of nitrogens with zero attached hydrogens (tertiary/aromatic N) is 1. The van der Waals surface area contributed by atoms with Crippen molar-refractivity contribution in [2.75, 3.05) is 13.2 Å². The molecule has 11 atom stereocenters. The van der Waals surface area contributed by atoms with Crippen molar-refractivity contribution < 1.29 is 52.3 Å². The van der Waals surface area contributed by atoms with Crippen LogP contribution in [0.2, 0.25) is 0 Å². The Kier molecular flexibility index (Phi) is 12.4. The first-order valence-electron chi connectivity index (χ1n) is 21.9. The van der Waals surface area contributed by atoms with Gasteiger partial charge in [-0.15, -0.1) is 0 Å². The highest BCUT2D eigenvalue weighted by molar-refractivity contribution is 5.90. The molecule has 13 nitrogen and oxygen atoms in total. The Hall–Kier alpha value is -4.83. The van der Waals surface area contributed by atoms with Gasteiger partial charge in [-0.2, -0.15) is 0 Å². The molecule has 3 heterocycles. The second-order valence-corrected chi connectivity index (χ2v) is 17.9. The summed E-state index contributed by atoms with van der Waals surface area (Å²) in [6.45, 7) is 8.49. The van der Waals surface area contributed by atoms with E-state index in [0.717, 1.165) is 16.7 Å². The normalized spacial score (nSPS) is 32.6. The van der Waals surface area contributed by atoms with Crippen LogP contribution in [-0.2, 0) is 62.3 Å². The number of rotatable bonds is 15. The Labute approximate surface area is 367 Å². The molecule has 0 aromatic heterocycles. The number of carbonyl (C=O) groups is 1. The summed E-state index contributed by atoms with van der Waals surface area (Å²) in [4.78, 5) is 25.8. The molecule has 1 unspecified atom stereocenters. The molecule has 5 aliphatic rings. The first kappa shape index (κ1) is 43.4. The van der Waals surface area contributed by atoms with Crippen molar-refractivity contribution in [3.05, 3.63) is 160 Å². The average Bonchev–Trinajstić information content (AvgIpc) is 3.94. The fourth-order valence-electron chi connectivity index (χ4n) is 10.1. The predicted molar refractivity (Wildman–Crippen MR) is 229 cm³/mol. The van der Waals surface area contributed by atoms with E-state index in [1.807, 2.05) is 107 Å². The molecule has 13 heteroatoms. The van der Waals surface area contributed by atoms with Crippen molar-refractivity contribution in [1.29, 1.82) is 0 Å². The first-order chi connectivity index (χ1) is 30.4. The summed E-state index contributed by atoms with van der Waals surface area (Å²) in [5.74, 6) is -5.56. The van der Waals surface area contributed by atoms with Crippen LogP contribution in [0.25, 0.3) is 0 Å². The second-order valence-electron chi connectivity index (χ2n) is 17.9. The number of hydrogen-bond donors (Lipinski definition) is 0. The van der Waals surface area contributed by atoms with Crippen LogP contribution in [0, 0.1) is 27.9 Å². The summed E-state index contributed by atoms with van der Waals surface area (Å²) < 4.78 is 61.5. The zero-order valence-electron chi connectivity index (χ0n) is 36.0. The second kappa shape index (κ2) is 18.0. The molecule has 3 saturated heterocycles. The van der Waals surface area contributed by atoms with Crippen molar-refractivity contribution in [3.8, 4) is 0 Å². The van der Waals surface area contributed by atoms with Crippen LogP contribution in [0.15, 0.2) is 127 Å². The lowest BCUT2D eigenvalue weighted by Crippen LogP contribution is -2.68. The monoisotopic (exact) mass is 861 g/mol. The van der Waals surface area contributed by atoms with Gasteiger partial charge in [0.2, 0.25) is 5.79 Å². The fourth-order valence-corrected chi connectivity index (χ4v) is 10.1. The molecule has 0 amide bonds. The number of esters is 1. The van der Waals surface area contributed by atoms with Gasteiger partial charge >= 0.3 is 5.97 Å². The van der Waals surface area contributed by atoms with Gasteiger partial charge in [-0.25, -0.2) is 4.79 Å². The molecule has 1 saturated carbocycles. The number of hydrogen-bond acceptors (Lipinski definition) is 12. The third-order valence-electron chi connectivity index (χ3n) is 12.8. The third-order valence-corrected chi connectivity index (χ3v) is 12.8. The smallest absolute Gasteiger partial charge is 0.340 e. The van der Waals surface area contributed by atoms with E-state index in [1.165, 1.54) is 24.3 Å². The van der Waals surface area contributed by atoms with Crippen molar-refractivity contribution in [2.45, 2.75) is 114 Å². The molecular formula is C50H55NO12. The minimum absolute atomic E-state index is 0.115. The van der Waals surface area contributed by atoms with Gasteiger partial charge in [-0.05, 0) is 69.4 Å². The Morgan fingerprint density at radius 2 is 1.32 bits per heavy atom. The van der Waals surface area contributed by atoms with Crippen molar-refractivity contribution in [2.24, 2.45) is 17.8 Å². The van der Waals surface area contributed by atoms with Crippen LogP contribution in [0.1, 0.15) is 61.2 Å². The van der Waals surface area contributed by atoms with Crippen LogP contribution in [0.5, 0.6) is 0 Å². The highest BCUT2D eigenvalue weighted by Gasteiger charge is 2.73. The van der Waals surface area contributed by atoms with E-state index in [4.69, 9.17) is 42.6 Å². The topological polar surface area (TPSA) is 143 Å². The fraction of sp³-hybridized carbons (Fsp3) is 0.460. The predicted octanol–water partition coefficient (Wildman–Crippen LogP) is 8.14. The van der Waals surface area contributed by atoms with E-state index in [0.29, 0.717) is 19.4 Å². The quantitative estimate of drug-likeness (QED) is 0.0493. The van der Waals surface area contributed by atoms with Crippen LogP contribution < -0.4 is 0 Å². The Bertz CT molecular complexity index is 2220. The highest BCUT2D eigenvalue weighted by Crippen LogP contribution is 2.60. The zero-order chi connectivity index (χ0) is 43.8. The van der Waals surface area contributed by atoms with Crippen LogP contribution in [0.4, 0.5) is 5.69 Å². The minimum Gasteiger partial charge on any atom is -0.426 e. The van der Waals surface area contributed by atoms with Gasteiger partial charge in [0.25, 0.3) is 5.69 Å². The van der Waals surface area contributed by atoms with E-state index in [2.05, 4.69) is 24.3 Å². The first-order valence-corrected chi connectivity index (χ1v) is 21.9. The highest BCUT2D eigenvalue weighted by atomic mass is 16.8. The summed E-state index contributed by atoms with van der Waals surface area (Å²) in [7, 11) is 0. The molecule has 4 aromatic rings. The van der Waals surface area contributed by atoms with Gasteiger partial charge in [0, 0.05) is 29.9 Å². The number of ether oxygens (including phenoxy) is 9. The SMILES string of the molecule is CC1(C)O[C@H]([C@H]2COC(C)(C)O2)[C@@H](C2O[C@@]3(OC(=O)c4ccc([N+](=O)[O-])cc4)[C@H]4[C@H](C=CC[C@H]24)[C@@H](OCCc2ccccc2)[C@H](OCc2ccccc2)[C@H]3OCc2ccccc2)O1. The summed E-state index contributed by atoms with van der Waals surface area (Å²) in [6.07, 6.45) is 0.592. The zero-order valence-corrected chi connectivity index (χ0v) is 36.0. The number of non-ortho nitro benzene ring substituents is 1. The Morgan fingerprint density at radius 3 is 1.94 bits per heavy atom. The average molecular weight is 862 g/mol. The number of carbonyl (C=O) groups excluding carboxylic acids is 1. The lowest BCUT2D eigenvalue weighted by atomic mass is 9.62. The van der Waals surface area contributed by atoms with E-state index >= 15 is 0 Å². The molecule has 0 spiro atoms. The number of nitro groups is 1. The molecule has 2 aliphatic carbocycles. The Balaban J connectivity index is 1.17.